The van der Waals surface area contributed by atoms with E-state index in [4.69, 9.17) is 5.11 Å². The number of aldehydes is 1. The zero-order valence-electron chi connectivity index (χ0n) is 7.33. The van der Waals surface area contributed by atoms with Gasteiger partial charge in [0.2, 0.25) is 0 Å². The number of hydrogen-bond donors (Lipinski definition) is 1. The lowest BCUT2D eigenvalue weighted by molar-refractivity contribution is -0.108. The van der Waals surface area contributed by atoms with Crippen LogP contribution in [-0.4, -0.2) is 11.4 Å². The highest BCUT2D eigenvalue weighted by atomic mass is 127. The minimum Gasteiger partial charge on any atom is -0.392 e. The zero-order chi connectivity index (χ0) is 9.84. The normalized spacial score (nSPS) is 12.5. The molecule has 0 saturated heterocycles. The van der Waals surface area contributed by atoms with Crippen LogP contribution in [0.3, 0.4) is 0 Å². The molecule has 0 saturated carbocycles. The lowest BCUT2D eigenvalue weighted by Gasteiger charge is -2.08. The molecule has 70 valence electrons. The summed E-state index contributed by atoms with van der Waals surface area (Å²) >= 11 is 2.18. The van der Waals surface area contributed by atoms with Gasteiger partial charge in [-0.25, -0.2) is 0 Å². The van der Waals surface area contributed by atoms with Gasteiger partial charge in [0.1, 0.15) is 6.29 Å². The van der Waals surface area contributed by atoms with E-state index in [1.807, 2.05) is 25.1 Å². The van der Waals surface area contributed by atoms with Crippen molar-refractivity contribution in [3.05, 3.63) is 32.9 Å². The van der Waals surface area contributed by atoms with Crippen LogP contribution in [0.2, 0.25) is 0 Å². The predicted octanol–water partition coefficient (Wildman–Crippen LogP) is 2.09. The molecule has 3 heteroatoms. The Morgan fingerprint density at radius 1 is 1.62 bits per heavy atom. The van der Waals surface area contributed by atoms with E-state index in [1.165, 1.54) is 0 Å². The third-order valence-electron chi connectivity index (χ3n) is 1.94. The minimum atomic E-state index is -0.0698. The molecule has 1 rings (SSSR count). The van der Waals surface area contributed by atoms with E-state index in [0.29, 0.717) is 0 Å². The van der Waals surface area contributed by atoms with Crippen LogP contribution < -0.4 is 0 Å². The highest BCUT2D eigenvalue weighted by Crippen LogP contribution is 2.21. The van der Waals surface area contributed by atoms with Gasteiger partial charge in [0, 0.05) is 9.49 Å². The minimum absolute atomic E-state index is 0.0474. The van der Waals surface area contributed by atoms with E-state index >= 15 is 0 Å². The molecule has 1 N–H and O–H groups in total. The molecule has 0 aliphatic carbocycles. The molecule has 0 aliphatic heterocycles. The van der Waals surface area contributed by atoms with Crippen molar-refractivity contribution in [3.63, 3.8) is 0 Å². The first-order chi connectivity index (χ1) is 6.19. The van der Waals surface area contributed by atoms with Gasteiger partial charge in [-0.3, -0.25) is 0 Å². The van der Waals surface area contributed by atoms with Crippen LogP contribution in [0.25, 0.3) is 0 Å². The molecule has 1 atom stereocenters. The number of aliphatic hydroxyl groups is 1. The summed E-state index contributed by atoms with van der Waals surface area (Å²) in [5.74, 6) is -0.0698. The average Bonchev–Trinajstić information content (AvgIpc) is 2.16. The van der Waals surface area contributed by atoms with Gasteiger partial charge in [-0.15, -0.1) is 0 Å². The van der Waals surface area contributed by atoms with Gasteiger partial charge in [-0.05, 0) is 39.8 Å². The van der Waals surface area contributed by atoms with Crippen molar-refractivity contribution < 1.29 is 9.90 Å². The molecule has 0 aliphatic rings. The van der Waals surface area contributed by atoms with E-state index < -0.39 is 0 Å². The molecule has 1 unspecified atom stereocenters. The second-order valence-electron chi connectivity index (χ2n) is 2.94. The number of aliphatic hydroxyl groups excluding tert-OH is 1. The second-order valence-corrected chi connectivity index (χ2v) is 4.10. The molecule has 0 aromatic heterocycles. The molecular formula is C10H11IO2. The number of carbonyl (C=O) groups is 1. The summed E-state index contributed by atoms with van der Waals surface area (Å²) in [6.45, 7) is 1.91. The highest BCUT2D eigenvalue weighted by Gasteiger charge is 2.07. The summed E-state index contributed by atoms with van der Waals surface area (Å²) in [5.41, 5.74) is 1.90. The molecule has 13 heavy (non-hydrogen) atoms. The topological polar surface area (TPSA) is 37.3 Å². The molecule has 0 fully saturated rings. The fourth-order valence-electron chi connectivity index (χ4n) is 1.11. The Bertz CT molecular complexity index is 310. The van der Waals surface area contributed by atoms with Crippen LogP contribution >= 0.6 is 22.6 Å². The number of rotatable bonds is 3. The highest BCUT2D eigenvalue weighted by molar-refractivity contribution is 14.1. The lowest BCUT2D eigenvalue weighted by atomic mass is 10.0. The van der Waals surface area contributed by atoms with Crippen LogP contribution in [0.4, 0.5) is 0 Å². The van der Waals surface area contributed by atoms with E-state index in [2.05, 4.69) is 22.6 Å². The third-order valence-corrected chi connectivity index (χ3v) is 2.88. The van der Waals surface area contributed by atoms with Gasteiger partial charge < -0.3 is 9.90 Å². The Morgan fingerprint density at radius 3 is 2.77 bits per heavy atom. The Balaban J connectivity index is 3.04. The number of carbonyl (C=O) groups excluding carboxylic acids is 1. The van der Waals surface area contributed by atoms with Gasteiger partial charge in [-0.1, -0.05) is 19.1 Å². The van der Waals surface area contributed by atoms with Crippen molar-refractivity contribution in [1.82, 2.24) is 0 Å². The molecule has 1 aromatic rings. The summed E-state index contributed by atoms with van der Waals surface area (Å²) in [7, 11) is 0. The molecule has 0 radical (unpaired) electrons. The number of benzene rings is 1. The van der Waals surface area contributed by atoms with E-state index in [0.717, 1.165) is 21.0 Å². The Kier molecular flexibility index (Phi) is 3.87. The molecule has 2 nitrogen and oxygen atoms in total. The standard InChI is InChI=1S/C10H11IO2/c1-7(5-12)9-3-2-8(6-13)4-10(9)11/h2-5,7,13H,6H2,1H3. The van der Waals surface area contributed by atoms with Gasteiger partial charge >= 0.3 is 0 Å². The van der Waals surface area contributed by atoms with Crippen LogP contribution in [0.1, 0.15) is 24.0 Å². The molecule has 0 spiro atoms. The molecule has 0 amide bonds. The first-order valence-electron chi connectivity index (χ1n) is 4.03. The van der Waals surface area contributed by atoms with Crippen LogP contribution in [0.15, 0.2) is 18.2 Å². The Labute approximate surface area is 91.1 Å². The maximum Gasteiger partial charge on any atom is 0.127 e. The monoisotopic (exact) mass is 290 g/mol. The molecular weight excluding hydrogens is 279 g/mol. The second kappa shape index (κ2) is 4.72. The van der Waals surface area contributed by atoms with Crippen LogP contribution in [-0.2, 0) is 11.4 Å². The van der Waals surface area contributed by atoms with E-state index in [9.17, 15) is 4.79 Å². The smallest absolute Gasteiger partial charge is 0.127 e. The SMILES string of the molecule is CC(C=O)c1ccc(CO)cc1I. The average molecular weight is 290 g/mol. The summed E-state index contributed by atoms with van der Waals surface area (Å²) in [6.07, 6.45) is 0.927. The third kappa shape index (κ3) is 2.51. The van der Waals surface area contributed by atoms with Crippen molar-refractivity contribution in [1.29, 1.82) is 0 Å². The van der Waals surface area contributed by atoms with Crippen molar-refractivity contribution in [2.45, 2.75) is 19.4 Å². The van der Waals surface area contributed by atoms with Crippen LogP contribution in [0.5, 0.6) is 0 Å². The maximum atomic E-state index is 10.6. The number of hydrogen-bond acceptors (Lipinski definition) is 2. The quantitative estimate of drug-likeness (QED) is 0.683. The fourth-order valence-corrected chi connectivity index (χ4v) is 2.18. The first kappa shape index (κ1) is 10.7. The Hall–Kier alpha value is -0.420. The molecule has 1 aromatic carbocycles. The maximum absolute atomic E-state index is 10.6. The zero-order valence-corrected chi connectivity index (χ0v) is 9.48. The van der Waals surface area contributed by atoms with Gasteiger partial charge in [-0.2, -0.15) is 0 Å². The van der Waals surface area contributed by atoms with Gasteiger partial charge in [0.25, 0.3) is 0 Å². The van der Waals surface area contributed by atoms with E-state index in [-0.39, 0.29) is 12.5 Å². The van der Waals surface area contributed by atoms with Crippen molar-refractivity contribution in [2.24, 2.45) is 0 Å². The summed E-state index contributed by atoms with van der Waals surface area (Å²) in [4.78, 5) is 10.6. The van der Waals surface area contributed by atoms with Crippen molar-refractivity contribution in [2.75, 3.05) is 0 Å². The van der Waals surface area contributed by atoms with Gasteiger partial charge in [0.15, 0.2) is 0 Å². The summed E-state index contributed by atoms with van der Waals surface area (Å²) in [6, 6.07) is 5.64. The van der Waals surface area contributed by atoms with Crippen molar-refractivity contribution in [3.8, 4) is 0 Å². The Morgan fingerprint density at radius 2 is 2.31 bits per heavy atom. The number of halogens is 1. The van der Waals surface area contributed by atoms with Gasteiger partial charge in [0.05, 0.1) is 6.61 Å². The summed E-state index contributed by atoms with van der Waals surface area (Å²) in [5, 5.41) is 8.88. The fraction of sp³-hybridized carbons (Fsp3) is 0.300. The van der Waals surface area contributed by atoms with E-state index in [1.54, 1.807) is 0 Å². The first-order valence-corrected chi connectivity index (χ1v) is 5.11. The van der Waals surface area contributed by atoms with Crippen molar-refractivity contribution >= 4 is 28.9 Å². The lowest BCUT2D eigenvalue weighted by Crippen LogP contribution is -1.98. The summed E-state index contributed by atoms with van der Waals surface area (Å²) < 4.78 is 1.03. The largest absolute Gasteiger partial charge is 0.392 e. The van der Waals surface area contributed by atoms with Crippen LogP contribution in [0, 0.1) is 3.57 Å². The molecule has 0 bridgehead atoms. The predicted molar refractivity (Wildman–Crippen MR) is 59.6 cm³/mol. The molecule has 0 heterocycles.